The molecule has 1 aromatic carbocycles. The first-order chi connectivity index (χ1) is 10.0. The molecule has 0 amide bonds. The lowest BCUT2D eigenvalue weighted by molar-refractivity contribution is 0.0602. The van der Waals surface area contributed by atoms with Gasteiger partial charge in [-0.1, -0.05) is 6.07 Å². The molecule has 0 radical (unpaired) electrons. The standard InChI is InChI=1S/C16H19N3O2/c1-10-5-4-6-18-14(10)9-19-12-7-11(2)15(17)13(8-12)16(20)21-3/h4-8,19H,9,17H2,1-3H3. The highest BCUT2D eigenvalue weighted by Gasteiger charge is 2.13. The van der Waals surface area contributed by atoms with E-state index in [1.165, 1.54) is 7.11 Å². The molecule has 0 saturated heterocycles. The zero-order valence-electron chi connectivity index (χ0n) is 12.4. The first-order valence-corrected chi connectivity index (χ1v) is 6.65. The van der Waals surface area contributed by atoms with Crippen molar-refractivity contribution in [3.8, 4) is 0 Å². The van der Waals surface area contributed by atoms with Gasteiger partial charge in [-0.2, -0.15) is 0 Å². The number of nitrogens with one attached hydrogen (secondary N) is 1. The van der Waals surface area contributed by atoms with E-state index in [0.29, 0.717) is 17.8 Å². The number of nitrogens with zero attached hydrogens (tertiary/aromatic N) is 1. The third-order valence-electron chi connectivity index (χ3n) is 3.37. The minimum absolute atomic E-state index is 0.373. The van der Waals surface area contributed by atoms with Gasteiger partial charge in [0.2, 0.25) is 0 Å². The Morgan fingerprint density at radius 2 is 2.10 bits per heavy atom. The molecule has 0 fully saturated rings. The smallest absolute Gasteiger partial charge is 0.340 e. The Morgan fingerprint density at radius 3 is 2.76 bits per heavy atom. The van der Waals surface area contributed by atoms with Crippen LogP contribution in [0.4, 0.5) is 11.4 Å². The van der Waals surface area contributed by atoms with E-state index in [2.05, 4.69) is 10.3 Å². The third-order valence-corrected chi connectivity index (χ3v) is 3.37. The molecule has 3 N–H and O–H groups in total. The Labute approximate surface area is 124 Å². The van der Waals surface area contributed by atoms with Crippen LogP contribution in [0.5, 0.6) is 0 Å². The van der Waals surface area contributed by atoms with Gasteiger partial charge in [-0.15, -0.1) is 0 Å². The van der Waals surface area contributed by atoms with Crippen LogP contribution in [0.3, 0.4) is 0 Å². The Kier molecular flexibility index (Phi) is 4.42. The second kappa shape index (κ2) is 6.26. The van der Waals surface area contributed by atoms with E-state index in [1.54, 1.807) is 12.3 Å². The molecule has 0 bridgehead atoms. The average Bonchev–Trinajstić information content (AvgIpc) is 2.48. The van der Waals surface area contributed by atoms with Crippen LogP contribution in [0, 0.1) is 13.8 Å². The van der Waals surface area contributed by atoms with Crippen LogP contribution >= 0.6 is 0 Å². The summed E-state index contributed by atoms with van der Waals surface area (Å²) in [5.41, 5.74) is 10.5. The summed E-state index contributed by atoms with van der Waals surface area (Å²) in [6, 6.07) is 7.52. The summed E-state index contributed by atoms with van der Waals surface area (Å²) in [4.78, 5) is 16.1. The van der Waals surface area contributed by atoms with Crippen LogP contribution in [-0.4, -0.2) is 18.1 Å². The van der Waals surface area contributed by atoms with E-state index in [0.717, 1.165) is 22.5 Å². The number of nitrogen functional groups attached to an aromatic ring is 1. The molecular formula is C16H19N3O2. The predicted octanol–water partition coefficient (Wildman–Crippen LogP) is 2.68. The molecule has 0 aliphatic heterocycles. The first-order valence-electron chi connectivity index (χ1n) is 6.65. The molecule has 1 heterocycles. The molecule has 2 aromatic rings. The van der Waals surface area contributed by atoms with Gasteiger partial charge < -0.3 is 15.8 Å². The maximum Gasteiger partial charge on any atom is 0.340 e. The van der Waals surface area contributed by atoms with Crippen molar-refractivity contribution >= 4 is 17.3 Å². The molecular weight excluding hydrogens is 266 g/mol. The van der Waals surface area contributed by atoms with Gasteiger partial charge >= 0.3 is 5.97 Å². The zero-order valence-corrected chi connectivity index (χ0v) is 12.4. The Hall–Kier alpha value is -2.56. The van der Waals surface area contributed by atoms with Crippen molar-refractivity contribution in [2.45, 2.75) is 20.4 Å². The number of anilines is 2. The topological polar surface area (TPSA) is 77.2 Å². The summed E-state index contributed by atoms with van der Waals surface area (Å²) in [5, 5.41) is 3.26. The van der Waals surface area contributed by atoms with Crippen LogP contribution in [0.15, 0.2) is 30.5 Å². The minimum atomic E-state index is -0.437. The van der Waals surface area contributed by atoms with E-state index in [4.69, 9.17) is 10.5 Å². The lowest BCUT2D eigenvalue weighted by Gasteiger charge is -2.12. The third kappa shape index (κ3) is 3.31. The monoisotopic (exact) mass is 285 g/mol. The number of benzene rings is 1. The second-order valence-corrected chi connectivity index (χ2v) is 4.87. The van der Waals surface area contributed by atoms with Gasteiger partial charge in [0.25, 0.3) is 0 Å². The molecule has 2 rings (SSSR count). The number of aromatic nitrogens is 1. The van der Waals surface area contributed by atoms with Crippen LogP contribution in [0.1, 0.15) is 27.2 Å². The van der Waals surface area contributed by atoms with Gasteiger partial charge in [0.05, 0.1) is 24.9 Å². The lowest BCUT2D eigenvalue weighted by Crippen LogP contribution is -2.09. The summed E-state index contributed by atoms with van der Waals surface area (Å²) in [6.07, 6.45) is 1.76. The van der Waals surface area contributed by atoms with Crippen molar-refractivity contribution in [2.75, 3.05) is 18.2 Å². The Morgan fingerprint density at radius 1 is 1.33 bits per heavy atom. The number of carbonyl (C=O) groups is 1. The number of methoxy groups -OCH3 is 1. The van der Waals surface area contributed by atoms with Crippen molar-refractivity contribution in [3.05, 3.63) is 52.8 Å². The Bertz CT molecular complexity index is 669. The van der Waals surface area contributed by atoms with Gasteiger partial charge in [0.1, 0.15) is 0 Å². The van der Waals surface area contributed by atoms with E-state index in [-0.39, 0.29) is 0 Å². The highest BCUT2D eigenvalue weighted by atomic mass is 16.5. The van der Waals surface area contributed by atoms with Crippen LogP contribution in [-0.2, 0) is 11.3 Å². The number of hydrogen-bond donors (Lipinski definition) is 2. The van der Waals surface area contributed by atoms with Gasteiger partial charge in [0.15, 0.2) is 0 Å². The van der Waals surface area contributed by atoms with Gasteiger partial charge in [-0.05, 0) is 43.2 Å². The van der Waals surface area contributed by atoms with Crippen molar-refractivity contribution in [2.24, 2.45) is 0 Å². The fourth-order valence-corrected chi connectivity index (χ4v) is 2.07. The maximum absolute atomic E-state index is 11.7. The molecule has 21 heavy (non-hydrogen) atoms. The summed E-state index contributed by atoms with van der Waals surface area (Å²) >= 11 is 0. The zero-order chi connectivity index (χ0) is 15.4. The molecule has 0 aliphatic rings. The molecule has 0 aliphatic carbocycles. The summed E-state index contributed by atoms with van der Waals surface area (Å²) in [5.74, 6) is -0.437. The number of ether oxygens (including phenoxy) is 1. The second-order valence-electron chi connectivity index (χ2n) is 4.87. The number of pyridine rings is 1. The van der Waals surface area contributed by atoms with Crippen LogP contribution in [0.25, 0.3) is 0 Å². The Balaban J connectivity index is 2.23. The van der Waals surface area contributed by atoms with Crippen molar-refractivity contribution in [1.29, 1.82) is 0 Å². The van der Waals surface area contributed by atoms with Crippen molar-refractivity contribution in [1.82, 2.24) is 4.98 Å². The maximum atomic E-state index is 11.7. The number of esters is 1. The van der Waals surface area contributed by atoms with E-state index >= 15 is 0 Å². The summed E-state index contributed by atoms with van der Waals surface area (Å²) in [7, 11) is 1.34. The largest absolute Gasteiger partial charge is 0.465 e. The van der Waals surface area contributed by atoms with Gasteiger partial charge in [0, 0.05) is 17.6 Å². The van der Waals surface area contributed by atoms with E-state index in [9.17, 15) is 4.79 Å². The predicted molar refractivity (Wildman–Crippen MR) is 83.2 cm³/mol. The van der Waals surface area contributed by atoms with Gasteiger partial charge in [-0.25, -0.2) is 4.79 Å². The molecule has 0 atom stereocenters. The number of rotatable bonds is 4. The van der Waals surface area contributed by atoms with Crippen molar-refractivity contribution < 1.29 is 9.53 Å². The SMILES string of the molecule is COC(=O)c1cc(NCc2ncccc2C)cc(C)c1N. The number of aryl methyl sites for hydroxylation is 2. The molecule has 1 aromatic heterocycles. The number of hydrogen-bond acceptors (Lipinski definition) is 5. The minimum Gasteiger partial charge on any atom is -0.465 e. The van der Waals surface area contributed by atoms with E-state index < -0.39 is 5.97 Å². The molecule has 0 saturated carbocycles. The molecule has 5 nitrogen and oxygen atoms in total. The fraction of sp³-hybridized carbons (Fsp3) is 0.250. The highest BCUT2D eigenvalue weighted by Crippen LogP contribution is 2.24. The normalized spacial score (nSPS) is 10.2. The highest BCUT2D eigenvalue weighted by molar-refractivity contribution is 5.97. The molecule has 0 unspecified atom stereocenters. The quantitative estimate of drug-likeness (QED) is 0.667. The van der Waals surface area contributed by atoms with E-state index in [1.807, 2.05) is 32.0 Å². The molecule has 110 valence electrons. The summed E-state index contributed by atoms with van der Waals surface area (Å²) < 4.78 is 4.75. The van der Waals surface area contributed by atoms with Crippen LogP contribution in [0.2, 0.25) is 0 Å². The number of nitrogens with two attached hydrogens (primary N) is 1. The lowest BCUT2D eigenvalue weighted by atomic mass is 10.1. The molecule has 5 heteroatoms. The first kappa shape index (κ1) is 14.8. The van der Waals surface area contributed by atoms with Crippen molar-refractivity contribution in [3.63, 3.8) is 0 Å². The summed E-state index contributed by atoms with van der Waals surface area (Å²) in [6.45, 7) is 4.45. The number of carbonyl (C=O) groups excluding carboxylic acids is 1. The fourth-order valence-electron chi connectivity index (χ4n) is 2.07. The van der Waals surface area contributed by atoms with Crippen LogP contribution < -0.4 is 11.1 Å². The molecule has 0 spiro atoms. The van der Waals surface area contributed by atoms with Gasteiger partial charge in [-0.3, -0.25) is 4.98 Å². The average molecular weight is 285 g/mol.